The lowest BCUT2D eigenvalue weighted by molar-refractivity contribution is -0.174. The summed E-state index contributed by atoms with van der Waals surface area (Å²) in [5.74, 6) is -0.0516. The first-order chi connectivity index (χ1) is 7.93. The van der Waals surface area contributed by atoms with Crippen LogP contribution in [0.1, 0.15) is 31.9 Å². The zero-order chi connectivity index (χ0) is 13.1. The molecule has 1 aromatic rings. The molecule has 0 heterocycles. The maximum absolute atomic E-state index is 12.2. The van der Waals surface area contributed by atoms with Crippen LogP contribution in [-0.2, 0) is 21.5 Å². The largest absolute Gasteiger partial charge is 0.275 e. The fourth-order valence-corrected chi connectivity index (χ4v) is 1.76. The Morgan fingerprint density at radius 1 is 1.29 bits per heavy atom. The minimum atomic E-state index is -0.572. The second-order valence-corrected chi connectivity index (χ2v) is 4.66. The molecule has 0 radical (unpaired) electrons. The number of hydroxylamine groups is 2. The monoisotopic (exact) mass is 235 g/mol. The highest BCUT2D eigenvalue weighted by Crippen LogP contribution is 2.25. The molecular formula is C14H21NO2. The molecule has 0 aliphatic heterocycles. The van der Waals surface area contributed by atoms with Crippen molar-refractivity contribution in [3.05, 3.63) is 35.4 Å². The smallest absolute Gasteiger partial charge is 0.255 e. The molecule has 1 rings (SSSR count). The van der Waals surface area contributed by atoms with Crippen LogP contribution >= 0.6 is 0 Å². The zero-order valence-corrected chi connectivity index (χ0v) is 11.3. The Kier molecular flexibility index (Phi) is 4.29. The van der Waals surface area contributed by atoms with Gasteiger partial charge in [-0.3, -0.25) is 9.63 Å². The van der Waals surface area contributed by atoms with E-state index in [1.165, 1.54) is 17.7 Å². The number of hydrogen-bond acceptors (Lipinski definition) is 2. The summed E-state index contributed by atoms with van der Waals surface area (Å²) in [6.07, 6.45) is 1.01. The lowest BCUT2D eigenvalue weighted by atomic mass is 9.83. The summed E-state index contributed by atoms with van der Waals surface area (Å²) in [6, 6.07) is 8.16. The molecule has 1 amide bonds. The Morgan fingerprint density at radius 2 is 1.82 bits per heavy atom. The molecule has 3 heteroatoms. The highest BCUT2D eigenvalue weighted by Gasteiger charge is 2.32. The Balaban J connectivity index is 2.99. The van der Waals surface area contributed by atoms with Crippen molar-refractivity contribution in [3.63, 3.8) is 0 Å². The molecule has 3 nitrogen and oxygen atoms in total. The van der Waals surface area contributed by atoms with Crippen LogP contribution in [0.15, 0.2) is 24.3 Å². The van der Waals surface area contributed by atoms with E-state index < -0.39 is 5.41 Å². The maximum Gasteiger partial charge on any atom is 0.255 e. The Hall–Kier alpha value is -1.35. The molecule has 0 N–H and O–H groups in total. The normalized spacial score (nSPS) is 11.4. The van der Waals surface area contributed by atoms with Crippen molar-refractivity contribution in [2.45, 2.75) is 32.6 Å². The van der Waals surface area contributed by atoms with E-state index in [2.05, 4.69) is 19.1 Å². The Bertz CT molecular complexity index is 382. The van der Waals surface area contributed by atoms with Gasteiger partial charge >= 0.3 is 0 Å². The van der Waals surface area contributed by atoms with Crippen LogP contribution in [0.5, 0.6) is 0 Å². The fourth-order valence-electron chi connectivity index (χ4n) is 1.76. The lowest BCUT2D eigenvalue weighted by Gasteiger charge is -2.28. The zero-order valence-electron chi connectivity index (χ0n) is 11.3. The Labute approximate surface area is 103 Å². The average Bonchev–Trinajstić information content (AvgIpc) is 2.36. The van der Waals surface area contributed by atoms with Gasteiger partial charge in [0.25, 0.3) is 5.91 Å². The summed E-state index contributed by atoms with van der Waals surface area (Å²) in [6.45, 7) is 5.93. The van der Waals surface area contributed by atoms with Crippen LogP contribution in [0.4, 0.5) is 0 Å². The Morgan fingerprint density at radius 3 is 2.24 bits per heavy atom. The summed E-state index contributed by atoms with van der Waals surface area (Å²) in [4.78, 5) is 17.1. The number of rotatable bonds is 4. The molecule has 0 saturated heterocycles. The van der Waals surface area contributed by atoms with E-state index in [0.717, 1.165) is 12.0 Å². The highest BCUT2D eigenvalue weighted by molar-refractivity contribution is 5.86. The predicted molar refractivity (Wildman–Crippen MR) is 68.6 cm³/mol. The molecule has 0 bridgehead atoms. The van der Waals surface area contributed by atoms with Gasteiger partial charge in [-0.25, -0.2) is 5.06 Å². The van der Waals surface area contributed by atoms with Gasteiger partial charge in [-0.05, 0) is 31.4 Å². The van der Waals surface area contributed by atoms with Gasteiger partial charge in [0.15, 0.2) is 0 Å². The van der Waals surface area contributed by atoms with Crippen molar-refractivity contribution in [2.24, 2.45) is 0 Å². The first-order valence-corrected chi connectivity index (χ1v) is 5.85. The van der Waals surface area contributed by atoms with Gasteiger partial charge in [-0.1, -0.05) is 31.2 Å². The fraction of sp³-hybridized carbons (Fsp3) is 0.500. The van der Waals surface area contributed by atoms with Crippen LogP contribution in [0.25, 0.3) is 0 Å². The van der Waals surface area contributed by atoms with Crippen LogP contribution in [0.2, 0.25) is 0 Å². The minimum absolute atomic E-state index is 0.0516. The van der Waals surface area contributed by atoms with E-state index in [1.54, 1.807) is 7.05 Å². The molecule has 0 spiro atoms. The van der Waals surface area contributed by atoms with E-state index >= 15 is 0 Å². The molecule has 94 valence electrons. The highest BCUT2D eigenvalue weighted by atomic mass is 16.7. The van der Waals surface area contributed by atoms with Gasteiger partial charge in [-0.2, -0.15) is 0 Å². The molecule has 0 saturated carbocycles. The number of likely N-dealkylation sites (N-methyl/N-ethyl adjacent to an activating group) is 1. The van der Waals surface area contributed by atoms with Crippen molar-refractivity contribution >= 4 is 5.91 Å². The molecule has 0 unspecified atom stereocenters. The summed E-state index contributed by atoms with van der Waals surface area (Å²) in [5.41, 5.74) is 1.71. The second kappa shape index (κ2) is 5.32. The number of hydrogen-bond donors (Lipinski definition) is 0. The number of carbonyl (C=O) groups is 1. The number of aryl methyl sites for hydroxylation is 1. The lowest BCUT2D eigenvalue weighted by Crippen LogP contribution is -2.40. The molecule has 0 fully saturated rings. The van der Waals surface area contributed by atoms with Gasteiger partial charge in [0, 0.05) is 7.05 Å². The van der Waals surface area contributed by atoms with E-state index in [1.807, 2.05) is 26.0 Å². The third-order valence-electron chi connectivity index (χ3n) is 3.18. The van der Waals surface area contributed by atoms with Crippen LogP contribution in [0, 0.1) is 0 Å². The van der Waals surface area contributed by atoms with Gasteiger partial charge in [0.1, 0.15) is 0 Å². The molecule has 0 aliphatic rings. The van der Waals surface area contributed by atoms with Crippen molar-refractivity contribution in [1.29, 1.82) is 0 Å². The standard InChI is InChI=1S/C14H21NO2/c1-6-11-7-9-12(10-8-11)14(2,3)13(16)15(4)17-5/h7-10H,6H2,1-5H3. The van der Waals surface area contributed by atoms with E-state index in [9.17, 15) is 4.79 Å². The molecular weight excluding hydrogens is 214 g/mol. The first kappa shape index (κ1) is 13.7. The molecule has 17 heavy (non-hydrogen) atoms. The quantitative estimate of drug-likeness (QED) is 0.751. The van der Waals surface area contributed by atoms with Gasteiger partial charge in [0.05, 0.1) is 12.5 Å². The summed E-state index contributed by atoms with van der Waals surface area (Å²) < 4.78 is 0. The number of amides is 1. The minimum Gasteiger partial charge on any atom is -0.275 e. The molecule has 1 aromatic carbocycles. The second-order valence-electron chi connectivity index (χ2n) is 4.66. The summed E-state index contributed by atoms with van der Waals surface area (Å²) in [5, 5.41) is 1.27. The van der Waals surface area contributed by atoms with Crippen molar-refractivity contribution < 1.29 is 9.63 Å². The first-order valence-electron chi connectivity index (χ1n) is 5.85. The van der Waals surface area contributed by atoms with Crippen molar-refractivity contribution in [1.82, 2.24) is 5.06 Å². The van der Waals surface area contributed by atoms with Gasteiger partial charge < -0.3 is 0 Å². The van der Waals surface area contributed by atoms with Crippen LogP contribution in [0.3, 0.4) is 0 Å². The topological polar surface area (TPSA) is 29.5 Å². The average molecular weight is 235 g/mol. The number of nitrogens with zero attached hydrogens (tertiary/aromatic N) is 1. The molecule has 0 aliphatic carbocycles. The van der Waals surface area contributed by atoms with Gasteiger partial charge in [0.2, 0.25) is 0 Å². The third kappa shape index (κ3) is 2.86. The van der Waals surface area contributed by atoms with Gasteiger partial charge in [-0.15, -0.1) is 0 Å². The maximum atomic E-state index is 12.2. The SMILES string of the molecule is CCc1ccc(C(C)(C)C(=O)N(C)OC)cc1. The summed E-state index contributed by atoms with van der Waals surface area (Å²) >= 11 is 0. The number of benzene rings is 1. The molecule has 0 aromatic heterocycles. The van der Waals surface area contributed by atoms with E-state index in [0.29, 0.717) is 0 Å². The number of carbonyl (C=O) groups excluding carboxylic acids is 1. The van der Waals surface area contributed by atoms with Crippen LogP contribution < -0.4 is 0 Å². The summed E-state index contributed by atoms with van der Waals surface area (Å²) in [7, 11) is 3.12. The molecule has 0 atom stereocenters. The van der Waals surface area contributed by atoms with Crippen molar-refractivity contribution in [2.75, 3.05) is 14.2 Å². The third-order valence-corrected chi connectivity index (χ3v) is 3.18. The van der Waals surface area contributed by atoms with E-state index in [-0.39, 0.29) is 5.91 Å². The van der Waals surface area contributed by atoms with Crippen LogP contribution in [-0.4, -0.2) is 25.1 Å². The van der Waals surface area contributed by atoms with E-state index in [4.69, 9.17) is 4.84 Å². The van der Waals surface area contributed by atoms with Crippen molar-refractivity contribution in [3.8, 4) is 0 Å². The predicted octanol–water partition coefficient (Wildman–Crippen LogP) is 2.55.